The van der Waals surface area contributed by atoms with Gasteiger partial charge in [0.25, 0.3) is 0 Å². The van der Waals surface area contributed by atoms with Crippen molar-refractivity contribution in [3.63, 3.8) is 0 Å². The maximum Gasteiger partial charge on any atom is 0.151 e. The maximum absolute atomic E-state index is 9.90. The molecule has 0 saturated heterocycles. The van der Waals surface area contributed by atoms with E-state index >= 15 is 0 Å². The molecular weight excluding hydrogens is 206 g/mol. The molecule has 0 amide bonds. The molecule has 0 saturated carbocycles. The van der Waals surface area contributed by atoms with Crippen molar-refractivity contribution in [2.24, 2.45) is 5.73 Å². The van der Waals surface area contributed by atoms with E-state index in [4.69, 9.17) is 31.3 Å². The standard InChI is InChI=1S/C6H12O6.C2H7N/c7-1-3(9)5(11)6(12)4(10)2-8;1-2-3/h1,3-6,8-12H,2H2;2-3H2,1H3/t3-,4+,5+,6+;/m0./s1. The Kier molecular flexibility index (Phi) is 11.2. The van der Waals surface area contributed by atoms with Gasteiger partial charge >= 0.3 is 0 Å². The number of rotatable bonds is 5. The zero-order valence-electron chi connectivity index (χ0n) is 8.52. The molecule has 0 aromatic rings. The average Bonchev–Trinajstić information content (AvgIpc) is 2.25. The molecule has 0 fully saturated rings. The molecule has 0 spiro atoms. The molecule has 0 rings (SSSR count). The summed E-state index contributed by atoms with van der Waals surface area (Å²) in [6.07, 6.45) is -6.84. The first-order chi connectivity index (χ1) is 6.95. The molecule has 15 heavy (non-hydrogen) atoms. The highest BCUT2D eigenvalue weighted by molar-refractivity contribution is 5.56. The van der Waals surface area contributed by atoms with Crippen molar-refractivity contribution in [2.75, 3.05) is 13.2 Å². The van der Waals surface area contributed by atoms with Gasteiger partial charge in [-0.25, -0.2) is 0 Å². The number of aldehydes is 1. The summed E-state index contributed by atoms with van der Waals surface area (Å²) < 4.78 is 0. The fourth-order valence-corrected chi connectivity index (χ4v) is 0.618. The molecule has 0 bridgehead atoms. The molecule has 7 nitrogen and oxygen atoms in total. The van der Waals surface area contributed by atoms with Crippen molar-refractivity contribution in [2.45, 2.75) is 31.3 Å². The maximum atomic E-state index is 9.90. The Labute approximate surface area is 87.8 Å². The molecule has 0 aliphatic carbocycles. The van der Waals surface area contributed by atoms with Crippen LogP contribution < -0.4 is 5.73 Å². The predicted octanol–water partition coefficient (Wildman–Crippen LogP) is -3.41. The van der Waals surface area contributed by atoms with Gasteiger partial charge in [-0.1, -0.05) is 6.92 Å². The van der Waals surface area contributed by atoms with E-state index in [9.17, 15) is 4.79 Å². The van der Waals surface area contributed by atoms with Crippen molar-refractivity contribution in [3.8, 4) is 0 Å². The number of hydrogen-bond acceptors (Lipinski definition) is 7. The number of aliphatic hydroxyl groups excluding tert-OH is 5. The van der Waals surface area contributed by atoms with Crippen LogP contribution in [0.5, 0.6) is 0 Å². The number of aliphatic hydroxyl groups is 5. The van der Waals surface area contributed by atoms with Crippen LogP contribution >= 0.6 is 0 Å². The van der Waals surface area contributed by atoms with Crippen molar-refractivity contribution < 1.29 is 30.3 Å². The molecule has 7 N–H and O–H groups in total. The molecule has 0 aliphatic rings. The molecule has 0 aliphatic heterocycles. The lowest BCUT2D eigenvalue weighted by molar-refractivity contribution is -0.136. The van der Waals surface area contributed by atoms with Gasteiger partial charge in [0.2, 0.25) is 0 Å². The second kappa shape index (κ2) is 9.97. The molecule has 92 valence electrons. The van der Waals surface area contributed by atoms with Gasteiger partial charge in [-0.2, -0.15) is 0 Å². The van der Waals surface area contributed by atoms with Crippen LogP contribution in [0.15, 0.2) is 0 Å². The Morgan fingerprint density at radius 3 is 1.87 bits per heavy atom. The van der Waals surface area contributed by atoms with Crippen molar-refractivity contribution in [1.29, 1.82) is 0 Å². The Morgan fingerprint density at radius 1 is 1.20 bits per heavy atom. The first-order valence-corrected chi connectivity index (χ1v) is 4.44. The lowest BCUT2D eigenvalue weighted by Gasteiger charge is -2.22. The van der Waals surface area contributed by atoms with E-state index in [2.05, 4.69) is 0 Å². The summed E-state index contributed by atoms with van der Waals surface area (Å²) in [4.78, 5) is 9.90. The summed E-state index contributed by atoms with van der Waals surface area (Å²) in [5.74, 6) is 0. The number of carbonyl (C=O) groups is 1. The van der Waals surface area contributed by atoms with Gasteiger partial charge in [-0.05, 0) is 6.54 Å². The Morgan fingerprint density at radius 2 is 1.60 bits per heavy atom. The summed E-state index contributed by atoms with van der Waals surface area (Å²) >= 11 is 0. The van der Waals surface area contributed by atoms with E-state index in [-0.39, 0.29) is 6.29 Å². The molecule has 7 heteroatoms. The van der Waals surface area contributed by atoms with E-state index in [0.29, 0.717) is 0 Å². The van der Waals surface area contributed by atoms with Crippen LogP contribution in [-0.4, -0.2) is 69.4 Å². The average molecular weight is 225 g/mol. The van der Waals surface area contributed by atoms with Crippen LogP contribution in [0.2, 0.25) is 0 Å². The second-order valence-corrected chi connectivity index (χ2v) is 2.77. The SMILES string of the molecule is CCN.O=C[C@H](O)[C@@H](O)[C@H](O)[C@H](O)CO. The summed E-state index contributed by atoms with van der Waals surface area (Å²) in [6, 6.07) is 0. The monoisotopic (exact) mass is 225 g/mol. The van der Waals surface area contributed by atoms with Gasteiger partial charge in [0.05, 0.1) is 6.61 Å². The minimum atomic E-state index is -1.79. The van der Waals surface area contributed by atoms with Crippen molar-refractivity contribution in [3.05, 3.63) is 0 Å². The van der Waals surface area contributed by atoms with Crippen LogP contribution in [-0.2, 0) is 4.79 Å². The third-order valence-electron chi connectivity index (χ3n) is 1.42. The smallest absolute Gasteiger partial charge is 0.151 e. The topological polar surface area (TPSA) is 144 Å². The highest BCUT2D eigenvalue weighted by atomic mass is 16.4. The van der Waals surface area contributed by atoms with Gasteiger partial charge in [-0.3, -0.25) is 0 Å². The molecule has 4 atom stereocenters. The minimum Gasteiger partial charge on any atom is -0.394 e. The van der Waals surface area contributed by atoms with E-state index < -0.39 is 31.0 Å². The van der Waals surface area contributed by atoms with E-state index in [1.807, 2.05) is 6.92 Å². The van der Waals surface area contributed by atoms with E-state index in [0.717, 1.165) is 6.54 Å². The normalized spacial score (nSPS) is 18.1. The summed E-state index contributed by atoms with van der Waals surface area (Å²) in [6.45, 7) is 1.89. The highest BCUT2D eigenvalue weighted by Crippen LogP contribution is 2.02. The largest absolute Gasteiger partial charge is 0.394 e. The van der Waals surface area contributed by atoms with Crippen LogP contribution in [0.3, 0.4) is 0 Å². The van der Waals surface area contributed by atoms with Gasteiger partial charge in [0.15, 0.2) is 6.29 Å². The number of carbonyl (C=O) groups excluding carboxylic acids is 1. The Bertz CT molecular complexity index is 156. The quantitative estimate of drug-likeness (QED) is 0.267. The summed E-state index contributed by atoms with van der Waals surface area (Å²) in [5.41, 5.74) is 4.85. The number of hydrogen-bond donors (Lipinski definition) is 6. The Hall–Kier alpha value is -0.570. The molecule has 0 aromatic heterocycles. The van der Waals surface area contributed by atoms with E-state index in [1.165, 1.54) is 0 Å². The third-order valence-corrected chi connectivity index (χ3v) is 1.42. The lowest BCUT2D eigenvalue weighted by atomic mass is 10.0. The van der Waals surface area contributed by atoms with Crippen LogP contribution in [0.4, 0.5) is 0 Å². The molecule has 0 aromatic carbocycles. The lowest BCUT2D eigenvalue weighted by Crippen LogP contribution is -2.46. The fraction of sp³-hybridized carbons (Fsp3) is 0.875. The third kappa shape index (κ3) is 7.37. The van der Waals surface area contributed by atoms with E-state index in [1.54, 1.807) is 0 Å². The van der Waals surface area contributed by atoms with Gasteiger partial charge in [0.1, 0.15) is 24.4 Å². The zero-order valence-corrected chi connectivity index (χ0v) is 8.52. The first-order valence-electron chi connectivity index (χ1n) is 4.44. The second-order valence-electron chi connectivity index (χ2n) is 2.77. The summed E-state index contributed by atoms with van der Waals surface area (Å²) in [5, 5.41) is 43.5. The number of nitrogens with two attached hydrogens (primary N) is 1. The molecule has 0 unspecified atom stereocenters. The first kappa shape index (κ1) is 16.8. The predicted molar refractivity (Wildman–Crippen MR) is 51.9 cm³/mol. The molecule has 0 radical (unpaired) electrons. The Balaban J connectivity index is 0. The van der Waals surface area contributed by atoms with Crippen molar-refractivity contribution >= 4 is 6.29 Å². The molecular formula is C8H19NO6. The minimum absolute atomic E-state index is 0.0258. The van der Waals surface area contributed by atoms with Gasteiger partial charge in [-0.15, -0.1) is 0 Å². The molecule has 0 heterocycles. The zero-order chi connectivity index (χ0) is 12.4. The van der Waals surface area contributed by atoms with Crippen LogP contribution in [0.25, 0.3) is 0 Å². The van der Waals surface area contributed by atoms with Gasteiger partial charge in [0, 0.05) is 0 Å². The van der Waals surface area contributed by atoms with Gasteiger partial charge < -0.3 is 36.1 Å². The highest BCUT2D eigenvalue weighted by Gasteiger charge is 2.29. The fourth-order valence-electron chi connectivity index (χ4n) is 0.618. The summed E-state index contributed by atoms with van der Waals surface area (Å²) in [7, 11) is 0. The van der Waals surface area contributed by atoms with Crippen LogP contribution in [0, 0.1) is 0 Å². The van der Waals surface area contributed by atoms with Crippen LogP contribution in [0.1, 0.15) is 6.92 Å². The van der Waals surface area contributed by atoms with Crippen molar-refractivity contribution in [1.82, 2.24) is 0 Å².